The molecule has 0 saturated heterocycles. The van der Waals surface area contributed by atoms with Crippen LogP contribution in [0, 0.1) is 102 Å². The van der Waals surface area contributed by atoms with E-state index >= 15 is 0 Å². The third kappa shape index (κ3) is 414. The first-order valence-corrected chi connectivity index (χ1v) is 6.51. The Morgan fingerprint density at radius 2 is 0.250 bits per heavy atom. The van der Waals surface area contributed by atoms with Crippen LogP contribution in [0.3, 0.4) is 0 Å². The lowest BCUT2D eigenvalue weighted by Gasteiger charge is -1.15. The Hall–Kier alpha value is -4.63. The lowest BCUT2D eigenvalue weighted by atomic mass is 11.0. The molecular weight excluding hydrogens is 356 g/mol. The molecule has 0 fully saturated rings. The van der Waals surface area contributed by atoms with E-state index in [2.05, 4.69) is 0 Å². The number of rotatable bonds is 0. The maximum atomic E-state index is 7.32. The molecule has 0 heterocycles. The SMILES string of the molecule is CC#N.CC#N.CC#N.CC#N.CC#N.CC#N.CC#N.CC#N.CC#N.N. The second-order valence-corrected chi connectivity index (χ2v) is 2.01. The summed E-state index contributed by atoms with van der Waals surface area (Å²) in [4.78, 5) is 0. The summed E-state index contributed by atoms with van der Waals surface area (Å²) < 4.78 is 0. The quantitative estimate of drug-likeness (QED) is 0.586. The molecule has 152 valence electrons. The van der Waals surface area contributed by atoms with Crippen molar-refractivity contribution in [3.05, 3.63) is 0 Å². The predicted octanol–water partition coefficient (Wildman–Crippen LogP) is 4.93. The molecule has 0 atom stereocenters. The summed E-state index contributed by atoms with van der Waals surface area (Å²) in [5, 5.41) is 65.9. The number of hydrogen-bond donors (Lipinski definition) is 1. The summed E-state index contributed by atoms with van der Waals surface area (Å²) >= 11 is 0. The smallest absolute Gasteiger partial charge is 0.0587 e. The highest BCUT2D eigenvalue weighted by Gasteiger charge is 1.19. The van der Waals surface area contributed by atoms with E-state index in [1.54, 1.807) is 54.6 Å². The lowest BCUT2D eigenvalue weighted by Crippen LogP contribution is -1.10. The van der Waals surface area contributed by atoms with Gasteiger partial charge < -0.3 is 6.15 Å². The van der Waals surface area contributed by atoms with Crippen molar-refractivity contribution in [3.8, 4) is 54.6 Å². The molecule has 0 aromatic heterocycles. The van der Waals surface area contributed by atoms with Crippen LogP contribution in [0.15, 0.2) is 0 Å². The highest BCUT2D eigenvalue weighted by atomic mass is 14.2. The van der Waals surface area contributed by atoms with Gasteiger partial charge in [-0.25, -0.2) is 0 Å². The van der Waals surface area contributed by atoms with E-state index in [-0.39, 0.29) is 6.15 Å². The predicted molar refractivity (Wildman–Crippen MR) is 107 cm³/mol. The van der Waals surface area contributed by atoms with Crippen LogP contribution >= 0.6 is 0 Å². The van der Waals surface area contributed by atoms with Gasteiger partial charge in [0.1, 0.15) is 0 Å². The van der Waals surface area contributed by atoms with Gasteiger partial charge in [0.05, 0.1) is 54.6 Å². The Morgan fingerprint density at radius 1 is 0.250 bits per heavy atom. The van der Waals surface area contributed by atoms with E-state index in [0.29, 0.717) is 0 Å². The molecule has 0 aromatic carbocycles. The fourth-order valence-electron chi connectivity index (χ4n) is 0. The molecule has 10 nitrogen and oxygen atoms in total. The Labute approximate surface area is 171 Å². The molecule has 0 rings (SSSR count). The maximum absolute atomic E-state index is 7.32. The van der Waals surface area contributed by atoms with Gasteiger partial charge in [-0.2, -0.15) is 47.4 Å². The van der Waals surface area contributed by atoms with Crippen molar-refractivity contribution in [1.82, 2.24) is 6.15 Å². The summed E-state index contributed by atoms with van der Waals surface area (Å²) in [5.41, 5.74) is 0. The molecule has 10 heteroatoms. The fraction of sp³-hybridized carbons (Fsp3) is 0.500. The molecule has 3 N–H and O–H groups in total. The van der Waals surface area contributed by atoms with E-state index in [1.807, 2.05) is 0 Å². The molecule has 0 aliphatic heterocycles. The van der Waals surface area contributed by atoms with Gasteiger partial charge >= 0.3 is 0 Å². The van der Waals surface area contributed by atoms with Crippen LogP contribution in [-0.2, 0) is 0 Å². The summed E-state index contributed by atoms with van der Waals surface area (Å²) in [6.45, 7) is 12.9. The lowest BCUT2D eigenvalue weighted by molar-refractivity contribution is 1.49. The second-order valence-electron chi connectivity index (χ2n) is 2.01. The Balaban J connectivity index is -0.0000000162. The van der Waals surface area contributed by atoms with Gasteiger partial charge in [0.25, 0.3) is 0 Å². The Bertz CT molecular complexity index is 391. The number of nitriles is 9. The molecule has 0 saturated carbocycles. The van der Waals surface area contributed by atoms with Gasteiger partial charge in [-0.3, -0.25) is 0 Å². The average molecular weight is 387 g/mol. The first kappa shape index (κ1) is 65.4. The van der Waals surface area contributed by atoms with Crippen LogP contribution in [0.1, 0.15) is 62.3 Å². The zero-order chi connectivity index (χ0) is 24.4. The van der Waals surface area contributed by atoms with Gasteiger partial charge in [-0.15, -0.1) is 0 Å². The number of nitrogens with zero attached hydrogens (tertiary/aromatic N) is 9. The molecular formula is C18H30N10. The Kier molecular flexibility index (Phi) is 1250. The molecule has 0 aliphatic rings. The maximum Gasteiger partial charge on any atom is 0.0587 e. The zero-order valence-corrected chi connectivity index (χ0v) is 18.2. The van der Waals surface area contributed by atoms with Crippen LogP contribution in [0.4, 0.5) is 0 Å². The van der Waals surface area contributed by atoms with Gasteiger partial charge in [0, 0.05) is 62.3 Å². The van der Waals surface area contributed by atoms with E-state index in [4.69, 9.17) is 47.4 Å². The summed E-state index contributed by atoms with van der Waals surface area (Å²) in [6.07, 6.45) is 0. The first-order valence-electron chi connectivity index (χ1n) is 6.51. The molecule has 0 aromatic rings. The molecule has 0 amide bonds. The van der Waals surface area contributed by atoms with Gasteiger partial charge in [-0.05, 0) is 0 Å². The second kappa shape index (κ2) is 535. The highest BCUT2D eigenvalue weighted by molar-refractivity contribution is 4.53. The van der Waals surface area contributed by atoms with Crippen LogP contribution in [0.2, 0.25) is 0 Å². The van der Waals surface area contributed by atoms with Crippen molar-refractivity contribution in [2.75, 3.05) is 0 Å². The van der Waals surface area contributed by atoms with Gasteiger partial charge in [0.2, 0.25) is 0 Å². The van der Waals surface area contributed by atoms with Crippen LogP contribution in [-0.4, -0.2) is 0 Å². The monoisotopic (exact) mass is 386 g/mol. The van der Waals surface area contributed by atoms with E-state index in [0.717, 1.165) is 0 Å². The normalized spacial score (nSPS) is 2.57. The third-order valence-corrected chi connectivity index (χ3v) is 0. The fourth-order valence-corrected chi connectivity index (χ4v) is 0. The van der Waals surface area contributed by atoms with Crippen molar-refractivity contribution in [3.63, 3.8) is 0 Å². The summed E-state index contributed by atoms with van der Waals surface area (Å²) in [6, 6.07) is 15.8. The molecule has 28 heavy (non-hydrogen) atoms. The topological polar surface area (TPSA) is 249 Å². The van der Waals surface area contributed by atoms with Crippen molar-refractivity contribution in [1.29, 1.82) is 47.4 Å². The minimum absolute atomic E-state index is 0. The van der Waals surface area contributed by atoms with Gasteiger partial charge in [-0.1, -0.05) is 0 Å². The van der Waals surface area contributed by atoms with Crippen molar-refractivity contribution in [2.45, 2.75) is 62.3 Å². The molecule has 0 aliphatic carbocycles. The molecule has 0 radical (unpaired) electrons. The number of hydrogen-bond acceptors (Lipinski definition) is 10. The van der Waals surface area contributed by atoms with E-state index in [1.165, 1.54) is 62.3 Å². The molecule has 0 bridgehead atoms. The van der Waals surface area contributed by atoms with E-state index < -0.39 is 0 Å². The van der Waals surface area contributed by atoms with Crippen molar-refractivity contribution < 1.29 is 0 Å². The average Bonchev–Trinajstić information content (AvgIpc) is 2.53. The summed E-state index contributed by atoms with van der Waals surface area (Å²) in [5.74, 6) is 0. The standard InChI is InChI=1S/9C2H3N.H3N/c9*1-2-3;/h9*1H3;1H3. The highest BCUT2D eigenvalue weighted by Crippen LogP contribution is 1.24. The molecule has 0 spiro atoms. The van der Waals surface area contributed by atoms with Crippen LogP contribution in [0.25, 0.3) is 0 Å². The zero-order valence-electron chi connectivity index (χ0n) is 18.2. The van der Waals surface area contributed by atoms with Gasteiger partial charge in [0.15, 0.2) is 0 Å². The Morgan fingerprint density at radius 3 is 0.250 bits per heavy atom. The summed E-state index contributed by atoms with van der Waals surface area (Å²) in [7, 11) is 0. The first-order chi connectivity index (χ1) is 12.7. The van der Waals surface area contributed by atoms with Crippen LogP contribution < -0.4 is 6.15 Å². The third-order valence-electron chi connectivity index (χ3n) is 0. The van der Waals surface area contributed by atoms with Crippen LogP contribution in [0.5, 0.6) is 0 Å². The molecule has 0 unspecified atom stereocenters. The van der Waals surface area contributed by atoms with E-state index in [9.17, 15) is 0 Å². The minimum atomic E-state index is 0. The largest absolute Gasteiger partial charge is 0.344 e. The van der Waals surface area contributed by atoms with Crippen molar-refractivity contribution in [2.24, 2.45) is 0 Å². The van der Waals surface area contributed by atoms with Crippen molar-refractivity contribution >= 4 is 0 Å². The minimum Gasteiger partial charge on any atom is -0.344 e.